The standard InChI is InChI=1S/C25H24O2Si/c1-27-25(26)20-24(19-18-21-12-6-3-7-13-21)28(2,22-14-8-4-9-15-22)23-16-10-5-11-17-23/h3-17,24H,20H2,1-2H3/t24-/m0/s1. The van der Waals surface area contributed by atoms with Crippen molar-refractivity contribution in [3.05, 3.63) is 96.6 Å². The van der Waals surface area contributed by atoms with E-state index in [1.807, 2.05) is 42.5 Å². The summed E-state index contributed by atoms with van der Waals surface area (Å²) in [7, 11) is -0.900. The van der Waals surface area contributed by atoms with Gasteiger partial charge in [0.1, 0.15) is 8.07 Å². The van der Waals surface area contributed by atoms with Gasteiger partial charge in [-0.25, -0.2) is 0 Å². The fraction of sp³-hybridized carbons (Fsp3) is 0.160. The van der Waals surface area contributed by atoms with Gasteiger partial charge in [-0.05, 0) is 12.1 Å². The lowest BCUT2D eigenvalue weighted by atomic mass is 10.2. The highest BCUT2D eigenvalue weighted by Gasteiger charge is 2.40. The van der Waals surface area contributed by atoms with E-state index in [1.54, 1.807) is 0 Å². The second-order valence-corrected chi connectivity index (χ2v) is 11.2. The Hall–Kier alpha value is -3.09. The van der Waals surface area contributed by atoms with Gasteiger partial charge in [0.15, 0.2) is 0 Å². The molecule has 0 aromatic heterocycles. The molecule has 0 aliphatic rings. The van der Waals surface area contributed by atoms with Crippen LogP contribution in [0.3, 0.4) is 0 Å². The molecule has 0 aliphatic heterocycles. The number of methoxy groups -OCH3 is 1. The number of hydrogen-bond acceptors (Lipinski definition) is 2. The Balaban J connectivity index is 2.14. The normalized spacial score (nSPS) is 11.8. The third-order valence-electron chi connectivity index (χ3n) is 5.21. The minimum absolute atomic E-state index is 0.107. The zero-order chi connectivity index (χ0) is 19.8. The Labute approximate surface area is 168 Å². The van der Waals surface area contributed by atoms with Gasteiger partial charge in [-0.2, -0.15) is 0 Å². The van der Waals surface area contributed by atoms with Gasteiger partial charge in [-0.15, -0.1) is 0 Å². The fourth-order valence-corrected chi connectivity index (χ4v) is 7.32. The Kier molecular flexibility index (Phi) is 6.47. The highest BCUT2D eigenvalue weighted by Crippen LogP contribution is 2.26. The minimum Gasteiger partial charge on any atom is -0.469 e. The van der Waals surface area contributed by atoms with E-state index in [-0.39, 0.29) is 17.9 Å². The van der Waals surface area contributed by atoms with Gasteiger partial charge in [0.05, 0.1) is 13.5 Å². The molecule has 0 saturated heterocycles. The second kappa shape index (κ2) is 9.21. The number of rotatable bonds is 5. The molecule has 0 fully saturated rings. The monoisotopic (exact) mass is 384 g/mol. The van der Waals surface area contributed by atoms with E-state index >= 15 is 0 Å². The van der Waals surface area contributed by atoms with Crippen LogP contribution in [0.25, 0.3) is 0 Å². The van der Waals surface area contributed by atoms with E-state index in [4.69, 9.17) is 4.74 Å². The van der Waals surface area contributed by atoms with Crippen LogP contribution in [0.4, 0.5) is 0 Å². The largest absolute Gasteiger partial charge is 0.469 e. The van der Waals surface area contributed by atoms with Crippen LogP contribution in [-0.2, 0) is 9.53 Å². The predicted octanol–water partition coefficient (Wildman–Crippen LogP) is 3.86. The summed E-state index contributed by atoms with van der Waals surface area (Å²) in [5.74, 6) is 6.52. The van der Waals surface area contributed by atoms with E-state index < -0.39 is 8.07 Å². The summed E-state index contributed by atoms with van der Waals surface area (Å²) < 4.78 is 5.02. The van der Waals surface area contributed by atoms with Crippen molar-refractivity contribution in [2.24, 2.45) is 0 Å². The molecule has 0 unspecified atom stereocenters. The lowest BCUT2D eigenvalue weighted by molar-refractivity contribution is -0.140. The topological polar surface area (TPSA) is 26.3 Å². The van der Waals surface area contributed by atoms with Crippen molar-refractivity contribution in [3.63, 3.8) is 0 Å². The zero-order valence-electron chi connectivity index (χ0n) is 16.3. The fourth-order valence-electron chi connectivity index (χ4n) is 3.48. The van der Waals surface area contributed by atoms with Crippen LogP contribution in [0.5, 0.6) is 0 Å². The first-order valence-electron chi connectivity index (χ1n) is 9.39. The summed E-state index contributed by atoms with van der Waals surface area (Å²) in [6, 6.07) is 30.8. The van der Waals surface area contributed by atoms with Gasteiger partial charge in [-0.1, -0.05) is 108 Å². The molecule has 0 spiro atoms. The Bertz CT molecular complexity index is 917. The average molecular weight is 385 g/mol. The summed E-state index contributed by atoms with van der Waals surface area (Å²) in [5, 5.41) is 2.52. The summed E-state index contributed by atoms with van der Waals surface area (Å²) in [5.41, 5.74) is 0.847. The second-order valence-electron chi connectivity index (χ2n) is 6.90. The van der Waals surface area contributed by atoms with Crippen LogP contribution >= 0.6 is 0 Å². The maximum absolute atomic E-state index is 12.3. The number of ether oxygens (including phenoxy) is 1. The van der Waals surface area contributed by atoms with Crippen LogP contribution < -0.4 is 10.4 Å². The van der Waals surface area contributed by atoms with Gasteiger partial charge in [0.25, 0.3) is 0 Å². The molecule has 0 heterocycles. The summed E-state index contributed by atoms with van der Waals surface area (Å²) in [6.07, 6.45) is 0.281. The Morgan fingerprint density at radius 3 is 1.79 bits per heavy atom. The number of carbonyl (C=O) groups is 1. The van der Waals surface area contributed by atoms with Gasteiger partial charge in [0, 0.05) is 11.1 Å². The smallest absolute Gasteiger partial charge is 0.306 e. The minimum atomic E-state index is -2.34. The Morgan fingerprint density at radius 1 is 0.857 bits per heavy atom. The summed E-state index contributed by atoms with van der Waals surface area (Å²) in [4.78, 5) is 12.3. The van der Waals surface area contributed by atoms with Crippen molar-refractivity contribution in [3.8, 4) is 11.8 Å². The van der Waals surface area contributed by atoms with Gasteiger partial charge < -0.3 is 4.74 Å². The molecule has 1 atom stereocenters. The predicted molar refractivity (Wildman–Crippen MR) is 117 cm³/mol. The number of hydrogen-bond donors (Lipinski definition) is 0. The quantitative estimate of drug-likeness (QED) is 0.379. The van der Waals surface area contributed by atoms with E-state index in [0.717, 1.165) is 5.56 Å². The first-order valence-corrected chi connectivity index (χ1v) is 12.0. The molecule has 3 aromatic carbocycles. The molecular weight excluding hydrogens is 360 g/mol. The van der Waals surface area contributed by atoms with Crippen LogP contribution in [0.2, 0.25) is 12.1 Å². The number of benzene rings is 3. The van der Waals surface area contributed by atoms with Crippen LogP contribution in [0, 0.1) is 11.8 Å². The Morgan fingerprint density at radius 2 is 1.32 bits per heavy atom. The molecule has 2 nitrogen and oxygen atoms in total. The highest BCUT2D eigenvalue weighted by atomic mass is 28.3. The number of esters is 1. The SMILES string of the molecule is COC(=O)C[C@H](C#Cc1ccccc1)[Si](C)(c1ccccc1)c1ccccc1. The van der Waals surface area contributed by atoms with Crippen molar-refractivity contribution >= 4 is 24.4 Å². The molecule has 0 amide bonds. The lowest BCUT2D eigenvalue weighted by Crippen LogP contribution is -2.59. The van der Waals surface area contributed by atoms with Crippen LogP contribution in [-0.4, -0.2) is 21.2 Å². The van der Waals surface area contributed by atoms with Gasteiger partial charge in [-0.3, -0.25) is 4.79 Å². The third-order valence-corrected chi connectivity index (χ3v) is 10.0. The third kappa shape index (κ3) is 4.41. The van der Waals surface area contributed by atoms with Gasteiger partial charge in [0.2, 0.25) is 0 Å². The van der Waals surface area contributed by atoms with Crippen molar-refractivity contribution in [2.45, 2.75) is 18.5 Å². The maximum atomic E-state index is 12.3. The molecule has 28 heavy (non-hydrogen) atoms. The zero-order valence-corrected chi connectivity index (χ0v) is 17.3. The first-order chi connectivity index (χ1) is 13.6. The van der Waals surface area contributed by atoms with Crippen LogP contribution in [0.1, 0.15) is 12.0 Å². The van der Waals surface area contributed by atoms with E-state index in [1.165, 1.54) is 17.5 Å². The molecule has 3 aromatic rings. The van der Waals surface area contributed by atoms with Crippen molar-refractivity contribution in [1.29, 1.82) is 0 Å². The lowest BCUT2D eigenvalue weighted by Gasteiger charge is -2.33. The molecule has 0 aliphatic carbocycles. The number of carbonyl (C=O) groups excluding carboxylic acids is 1. The molecule has 0 N–H and O–H groups in total. The molecule has 0 radical (unpaired) electrons. The molecule has 3 heteroatoms. The molecule has 0 saturated carbocycles. The molecule has 3 rings (SSSR count). The average Bonchev–Trinajstić information content (AvgIpc) is 2.77. The van der Waals surface area contributed by atoms with E-state index in [0.29, 0.717) is 0 Å². The van der Waals surface area contributed by atoms with Gasteiger partial charge >= 0.3 is 5.97 Å². The van der Waals surface area contributed by atoms with Crippen molar-refractivity contribution in [1.82, 2.24) is 0 Å². The van der Waals surface area contributed by atoms with E-state index in [2.05, 4.69) is 66.9 Å². The summed E-state index contributed by atoms with van der Waals surface area (Å²) in [6.45, 7) is 2.30. The maximum Gasteiger partial charge on any atom is 0.306 e. The highest BCUT2D eigenvalue weighted by molar-refractivity contribution is 7.03. The van der Waals surface area contributed by atoms with Crippen molar-refractivity contribution in [2.75, 3.05) is 7.11 Å². The first kappa shape index (κ1) is 19.7. The van der Waals surface area contributed by atoms with Crippen molar-refractivity contribution < 1.29 is 9.53 Å². The molecule has 140 valence electrons. The molecule has 0 bridgehead atoms. The summed E-state index contributed by atoms with van der Waals surface area (Å²) >= 11 is 0. The molecular formula is C25H24O2Si. The van der Waals surface area contributed by atoms with Crippen LogP contribution in [0.15, 0.2) is 91.0 Å². The van der Waals surface area contributed by atoms with E-state index in [9.17, 15) is 4.79 Å².